The normalized spacial score (nSPS) is 14.0. The Labute approximate surface area is 147 Å². The van der Waals surface area contributed by atoms with E-state index in [1.54, 1.807) is 24.3 Å². The monoisotopic (exact) mass is 360 g/mol. The molecular formula is C18H20N2O4S. The van der Waals surface area contributed by atoms with Crippen LogP contribution in [0.25, 0.3) is 0 Å². The van der Waals surface area contributed by atoms with E-state index in [1.165, 1.54) is 31.4 Å². The van der Waals surface area contributed by atoms with Crippen LogP contribution in [0.2, 0.25) is 0 Å². The smallest absolute Gasteiger partial charge is 0.262 e. The van der Waals surface area contributed by atoms with Gasteiger partial charge in [-0.25, -0.2) is 8.42 Å². The highest BCUT2D eigenvalue weighted by Gasteiger charge is 2.22. The van der Waals surface area contributed by atoms with Crippen LogP contribution < -0.4 is 14.8 Å². The molecule has 2 aromatic rings. The molecule has 0 aliphatic heterocycles. The summed E-state index contributed by atoms with van der Waals surface area (Å²) in [5, 5.41) is 2.85. The molecule has 132 valence electrons. The molecule has 0 aromatic heterocycles. The van der Waals surface area contributed by atoms with Crippen LogP contribution in [0.1, 0.15) is 23.2 Å². The number of carbonyl (C=O) groups excluding carboxylic acids is 1. The maximum Gasteiger partial charge on any atom is 0.262 e. The van der Waals surface area contributed by atoms with Crippen molar-refractivity contribution in [3.05, 3.63) is 54.1 Å². The van der Waals surface area contributed by atoms with Crippen molar-refractivity contribution in [3.63, 3.8) is 0 Å². The van der Waals surface area contributed by atoms with Crippen molar-refractivity contribution in [1.29, 1.82) is 0 Å². The zero-order chi connectivity index (χ0) is 17.9. The van der Waals surface area contributed by atoms with E-state index in [-0.39, 0.29) is 10.8 Å². The number of benzene rings is 2. The minimum atomic E-state index is -3.77. The third kappa shape index (κ3) is 4.30. The molecule has 2 aromatic carbocycles. The number of carbonyl (C=O) groups is 1. The molecular weight excluding hydrogens is 340 g/mol. The number of nitrogens with one attached hydrogen (secondary N) is 2. The lowest BCUT2D eigenvalue weighted by molar-refractivity contribution is 0.0951. The van der Waals surface area contributed by atoms with E-state index in [1.807, 2.05) is 0 Å². The van der Waals surface area contributed by atoms with Crippen LogP contribution in [0.15, 0.2) is 53.4 Å². The Morgan fingerprint density at radius 1 is 1.12 bits per heavy atom. The number of hydrogen-bond donors (Lipinski definition) is 2. The van der Waals surface area contributed by atoms with E-state index in [0.29, 0.717) is 29.5 Å². The molecule has 25 heavy (non-hydrogen) atoms. The van der Waals surface area contributed by atoms with Crippen LogP contribution in [-0.4, -0.2) is 28.0 Å². The first-order valence-electron chi connectivity index (χ1n) is 8.04. The summed E-state index contributed by atoms with van der Waals surface area (Å²) in [6.07, 6.45) is 2.32. The average molecular weight is 360 g/mol. The van der Waals surface area contributed by atoms with Crippen LogP contribution in [0.5, 0.6) is 5.75 Å². The highest BCUT2D eigenvalue weighted by Crippen LogP contribution is 2.28. The van der Waals surface area contributed by atoms with E-state index in [2.05, 4.69) is 10.0 Å². The van der Waals surface area contributed by atoms with Gasteiger partial charge in [-0.3, -0.25) is 9.52 Å². The quantitative estimate of drug-likeness (QED) is 0.795. The molecule has 0 bridgehead atoms. The fourth-order valence-corrected chi connectivity index (χ4v) is 3.45. The largest absolute Gasteiger partial charge is 0.495 e. The van der Waals surface area contributed by atoms with Gasteiger partial charge in [0.2, 0.25) is 0 Å². The number of ether oxygens (including phenoxy) is 1. The second-order valence-electron chi connectivity index (χ2n) is 5.98. The Hall–Kier alpha value is -2.54. The molecule has 1 saturated carbocycles. The van der Waals surface area contributed by atoms with Gasteiger partial charge in [0.05, 0.1) is 17.7 Å². The van der Waals surface area contributed by atoms with Crippen LogP contribution in [0.3, 0.4) is 0 Å². The Kier molecular flexibility index (Phi) is 4.94. The zero-order valence-electron chi connectivity index (χ0n) is 13.9. The zero-order valence-corrected chi connectivity index (χ0v) is 14.7. The van der Waals surface area contributed by atoms with Crippen molar-refractivity contribution in [2.24, 2.45) is 5.92 Å². The summed E-state index contributed by atoms with van der Waals surface area (Å²) in [4.78, 5) is 12.1. The highest BCUT2D eigenvalue weighted by molar-refractivity contribution is 7.92. The van der Waals surface area contributed by atoms with Gasteiger partial charge in [-0.2, -0.15) is 0 Å². The standard InChI is InChI=1S/C18H20N2O4S/c1-24-17-5-3-2-4-16(17)20-25(22,23)15-10-8-14(9-11-15)18(21)19-12-13-6-7-13/h2-5,8-11,13,20H,6-7,12H2,1H3,(H,19,21). The molecule has 7 heteroatoms. The Balaban J connectivity index is 1.72. The van der Waals surface area contributed by atoms with Crippen LogP contribution in [0.4, 0.5) is 5.69 Å². The Morgan fingerprint density at radius 2 is 1.80 bits per heavy atom. The van der Waals surface area contributed by atoms with Crippen molar-refractivity contribution < 1.29 is 17.9 Å². The van der Waals surface area contributed by atoms with Crippen LogP contribution in [0, 0.1) is 5.92 Å². The Bertz CT molecular complexity index is 859. The molecule has 1 amide bonds. The van der Waals surface area contributed by atoms with Gasteiger partial charge >= 0.3 is 0 Å². The SMILES string of the molecule is COc1ccccc1NS(=O)(=O)c1ccc(C(=O)NCC2CC2)cc1. The van der Waals surface area contributed by atoms with Crippen molar-refractivity contribution in [2.45, 2.75) is 17.7 Å². The molecule has 3 rings (SSSR count). The molecule has 1 fully saturated rings. The van der Waals surface area contributed by atoms with Gasteiger partial charge in [-0.15, -0.1) is 0 Å². The fourth-order valence-electron chi connectivity index (χ4n) is 2.38. The van der Waals surface area contributed by atoms with E-state index in [4.69, 9.17) is 4.74 Å². The topological polar surface area (TPSA) is 84.5 Å². The van der Waals surface area contributed by atoms with E-state index in [9.17, 15) is 13.2 Å². The maximum absolute atomic E-state index is 12.5. The molecule has 2 N–H and O–H groups in total. The van der Waals surface area contributed by atoms with Crippen LogP contribution in [-0.2, 0) is 10.0 Å². The number of amides is 1. The second-order valence-corrected chi connectivity index (χ2v) is 7.67. The molecule has 0 saturated heterocycles. The number of methoxy groups -OCH3 is 1. The minimum Gasteiger partial charge on any atom is -0.495 e. The first-order chi connectivity index (χ1) is 12.0. The molecule has 1 aliphatic carbocycles. The van der Waals surface area contributed by atoms with Crippen molar-refractivity contribution in [1.82, 2.24) is 5.32 Å². The van der Waals surface area contributed by atoms with Crippen molar-refractivity contribution >= 4 is 21.6 Å². The number of anilines is 1. The van der Waals surface area contributed by atoms with Gasteiger partial charge in [0.1, 0.15) is 5.75 Å². The minimum absolute atomic E-state index is 0.0807. The van der Waals surface area contributed by atoms with Crippen LogP contribution >= 0.6 is 0 Å². The average Bonchev–Trinajstić information content (AvgIpc) is 3.44. The van der Waals surface area contributed by atoms with Gasteiger partial charge < -0.3 is 10.1 Å². The Morgan fingerprint density at radius 3 is 2.44 bits per heavy atom. The van der Waals surface area contributed by atoms with E-state index >= 15 is 0 Å². The van der Waals surface area contributed by atoms with Gasteiger partial charge in [0.25, 0.3) is 15.9 Å². The third-order valence-corrected chi connectivity index (χ3v) is 5.41. The number of sulfonamides is 1. The number of para-hydroxylation sites is 2. The number of hydrogen-bond acceptors (Lipinski definition) is 4. The number of rotatable bonds is 7. The van der Waals surface area contributed by atoms with Gasteiger partial charge in [0, 0.05) is 12.1 Å². The van der Waals surface area contributed by atoms with E-state index in [0.717, 1.165) is 12.8 Å². The fraction of sp³-hybridized carbons (Fsp3) is 0.278. The van der Waals surface area contributed by atoms with Gasteiger partial charge in [0.15, 0.2) is 0 Å². The molecule has 0 atom stereocenters. The van der Waals surface area contributed by atoms with Gasteiger partial charge in [-0.05, 0) is 55.2 Å². The third-order valence-electron chi connectivity index (χ3n) is 4.03. The summed E-state index contributed by atoms with van der Waals surface area (Å²) in [5.41, 5.74) is 0.799. The molecule has 6 nitrogen and oxygen atoms in total. The summed E-state index contributed by atoms with van der Waals surface area (Å²) < 4.78 is 32.7. The first-order valence-corrected chi connectivity index (χ1v) is 9.52. The lowest BCUT2D eigenvalue weighted by Crippen LogP contribution is -2.25. The maximum atomic E-state index is 12.5. The lowest BCUT2D eigenvalue weighted by atomic mass is 10.2. The first kappa shape index (κ1) is 17.3. The summed E-state index contributed by atoms with van der Waals surface area (Å²) in [6, 6.07) is 12.6. The van der Waals surface area contributed by atoms with Crippen molar-refractivity contribution in [2.75, 3.05) is 18.4 Å². The lowest BCUT2D eigenvalue weighted by Gasteiger charge is -2.12. The summed E-state index contributed by atoms with van der Waals surface area (Å²) in [6.45, 7) is 0.675. The molecule has 1 aliphatic rings. The predicted molar refractivity (Wildman–Crippen MR) is 95.3 cm³/mol. The molecule has 0 radical (unpaired) electrons. The van der Waals surface area contributed by atoms with Gasteiger partial charge in [-0.1, -0.05) is 12.1 Å². The highest BCUT2D eigenvalue weighted by atomic mass is 32.2. The molecule has 0 unspecified atom stereocenters. The summed E-state index contributed by atoms with van der Waals surface area (Å²) >= 11 is 0. The summed E-state index contributed by atoms with van der Waals surface area (Å²) in [7, 11) is -2.29. The molecule has 0 heterocycles. The van der Waals surface area contributed by atoms with E-state index < -0.39 is 10.0 Å². The summed E-state index contributed by atoms with van der Waals surface area (Å²) in [5.74, 6) is 0.837. The van der Waals surface area contributed by atoms with Crippen molar-refractivity contribution in [3.8, 4) is 5.75 Å². The molecule has 0 spiro atoms. The predicted octanol–water partition coefficient (Wildman–Crippen LogP) is 2.64. The second kappa shape index (κ2) is 7.14.